The number of nitrogens with zero attached hydrogens (tertiary/aromatic N) is 3. The van der Waals surface area contributed by atoms with Crippen molar-refractivity contribution in [1.29, 1.82) is 0 Å². The number of anilines is 3. The Morgan fingerprint density at radius 3 is 2.60 bits per heavy atom. The first-order chi connectivity index (χ1) is 12.2. The maximum Gasteiger partial charge on any atom is 0.225 e. The molecular formula is C18H18ClN5O. The van der Waals surface area contributed by atoms with Crippen molar-refractivity contribution in [3.8, 4) is 17.0 Å². The third-order valence-corrected chi connectivity index (χ3v) is 3.70. The molecule has 128 valence electrons. The highest BCUT2D eigenvalue weighted by molar-refractivity contribution is 6.31. The summed E-state index contributed by atoms with van der Waals surface area (Å²) in [7, 11) is 1.61. The molecule has 7 heteroatoms. The van der Waals surface area contributed by atoms with E-state index in [0.29, 0.717) is 22.5 Å². The normalized spacial score (nSPS) is 10.4. The van der Waals surface area contributed by atoms with E-state index in [2.05, 4.69) is 25.6 Å². The fourth-order valence-corrected chi connectivity index (χ4v) is 2.51. The zero-order valence-corrected chi connectivity index (χ0v) is 14.7. The highest BCUT2D eigenvalue weighted by atomic mass is 35.5. The number of aromatic nitrogens is 3. The Bertz CT molecular complexity index is 857. The lowest BCUT2D eigenvalue weighted by atomic mass is 10.2. The summed E-state index contributed by atoms with van der Waals surface area (Å²) in [6.45, 7) is 2.72. The SMILES string of the molecule is CCNc1nc(Nc2cc(Cl)ccc2OC)cc(-c2ccncc2)n1. The van der Waals surface area contributed by atoms with Crippen LogP contribution in [0.15, 0.2) is 48.8 Å². The largest absolute Gasteiger partial charge is 0.495 e. The van der Waals surface area contributed by atoms with Gasteiger partial charge in [-0.1, -0.05) is 11.6 Å². The minimum absolute atomic E-state index is 0.542. The van der Waals surface area contributed by atoms with Crippen LogP contribution in [0.4, 0.5) is 17.5 Å². The molecule has 0 aliphatic carbocycles. The highest BCUT2D eigenvalue weighted by Crippen LogP contribution is 2.31. The zero-order chi connectivity index (χ0) is 17.6. The van der Waals surface area contributed by atoms with Crippen LogP contribution in [0.2, 0.25) is 5.02 Å². The fourth-order valence-electron chi connectivity index (χ4n) is 2.33. The minimum Gasteiger partial charge on any atom is -0.495 e. The van der Waals surface area contributed by atoms with Crippen LogP contribution >= 0.6 is 11.6 Å². The van der Waals surface area contributed by atoms with E-state index in [4.69, 9.17) is 16.3 Å². The first kappa shape index (κ1) is 17.0. The Kier molecular flexibility index (Phi) is 5.30. The van der Waals surface area contributed by atoms with Gasteiger partial charge in [0.25, 0.3) is 0 Å². The number of nitrogens with one attached hydrogen (secondary N) is 2. The predicted octanol–water partition coefficient (Wildman–Crippen LogP) is 4.38. The summed E-state index contributed by atoms with van der Waals surface area (Å²) < 4.78 is 5.38. The first-order valence-corrected chi connectivity index (χ1v) is 8.21. The second-order valence-electron chi connectivity index (χ2n) is 5.20. The second-order valence-corrected chi connectivity index (χ2v) is 5.63. The highest BCUT2D eigenvalue weighted by Gasteiger charge is 2.10. The van der Waals surface area contributed by atoms with E-state index in [1.165, 1.54) is 0 Å². The quantitative estimate of drug-likeness (QED) is 0.683. The Hall–Kier alpha value is -2.86. The summed E-state index contributed by atoms with van der Waals surface area (Å²) in [5.74, 6) is 1.86. The van der Waals surface area contributed by atoms with E-state index in [1.54, 1.807) is 37.7 Å². The molecule has 6 nitrogen and oxygen atoms in total. The molecule has 0 atom stereocenters. The molecule has 2 aromatic heterocycles. The number of hydrogen-bond donors (Lipinski definition) is 2. The molecule has 0 bridgehead atoms. The molecule has 0 amide bonds. The number of halogens is 1. The van der Waals surface area contributed by atoms with Crippen molar-refractivity contribution < 1.29 is 4.74 Å². The summed E-state index contributed by atoms with van der Waals surface area (Å²) in [5, 5.41) is 7.02. The number of methoxy groups -OCH3 is 1. The number of rotatable bonds is 6. The smallest absolute Gasteiger partial charge is 0.225 e. The van der Waals surface area contributed by atoms with Crippen LogP contribution in [0.25, 0.3) is 11.3 Å². The van der Waals surface area contributed by atoms with Crippen LogP contribution in [0, 0.1) is 0 Å². The van der Waals surface area contributed by atoms with Gasteiger partial charge in [-0.15, -0.1) is 0 Å². The average Bonchev–Trinajstić information content (AvgIpc) is 2.63. The Labute approximate surface area is 151 Å². The fraction of sp³-hybridized carbons (Fsp3) is 0.167. The topological polar surface area (TPSA) is 72.0 Å². The summed E-state index contributed by atoms with van der Waals surface area (Å²) in [5.41, 5.74) is 2.48. The van der Waals surface area contributed by atoms with Gasteiger partial charge in [0, 0.05) is 35.6 Å². The van der Waals surface area contributed by atoms with Gasteiger partial charge in [0.1, 0.15) is 11.6 Å². The van der Waals surface area contributed by atoms with E-state index in [9.17, 15) is 0 Å². The molecule has 1 aromatic carbocycles. The van der Waals surface area contributed by atoms with E-state index in [0.717, 1.165) is 23.5 Å². The summed E-state index contributed by atoms with van der Waals surface area (Å²) in [4.78, 5) is 13.1. The molecule has 0 saturated carbocycles. The van der Waals surface area contributed by atoms with Crippen LogP contribution in [0.3, 0.4) is 0 Å². The van der Waals surface area contributed by atoms with Crippen LogP contribution < -0.4 is 15.4 Å². The molecule has 2 heterocycles. The molecule has 0 fully saturated rings. The molecule has 0 saturated heterocycles. The van der Waals surface area contributed by atoms with E-state index in [-0.39, 0.29) is 0 Å². The number of hydrogen-bond acceptors (Lipinski definition) is 6. The summed E-state index contributed by atoms with van der Waals surface area (Å²) >= 11 is 6.10. The summed E-state index contributed by atoms with van der Waals surface area (Å²) in [6.07, 6.45) is 3.47. The molecule has 0 aliphatic rings. The molecule has 25 heavy (non-hydrogen) atoms. The first-order valence-electron chi connectivity index (χ1n) is 7.83. The number of ether oxygens (including phenoxy) is 1. The Balaban J connectivity index is 2.01. The van der Waals surface area contributed by atoms with E-state index in [1.807, 2.05) is 25.1 Å². The average molecular weight is 356 g/mol. The number of benzene rings is 1. The van der Waals surface area contributed by atoms with Crippen molar-refractivity contribution in [2.75, 3.05) is 24.3 Å². The van der Waals surface area contributed by atoms with Crippen molar-refractivity contribution >= 4 is 29.1 Å². The van der Waals surface area contributed by atoms with Gasteiger partial charge in [-0.25, -0.2) is 4.98 Å². The van der Waals surface area contributed by atoms with Crippen LogP contribution in [0.5, 0.6) is 5.75 Å². The van der Waals surface area contributed by atoms with Gasteiger partial charge in [0.05, 0.1) is 18.5 Å². The van der Waals surface area contributed by atoms with Gasteiger partial charge >= 0.3 is 0 Å². The van der Waals surface area contributed by atoms with Gasteiger partial charge in [-0.3, -0.25) is 4.98 Å². The molecule has 0 unspecified atom stereocenters. The molecular weight excluding hydrogens is 338 g/mol. The monoisotopic (exact) mass is 355 g/mol. The predicted molar refractivity (Wildman–Crippen MR) is 101 cm³/mol. The lowest BCUT2D eigenvalue weighted by Crippen LogP contribution is -2.05. The van der Waals surface area contributed by atoms with Crippen molar-refractivity contribution in [3.63, 3.8) is 0 Å². The minimum atomic E-state index is 0.542. The van der Waals surface area contributed by atoms with Gasteiger partial charge in [0.15, 0.2) is 0 Å². The van der Waals surface area contributed by atoms with Crippen molar-refractivity contribution in [3.05, 3.63) is 53.8 Å². The maximum absolute atomic E-state index is 6.10. The van der Waals surface area contributed by atoms with E-state index < -0.39 is 0 Å². The van der Waals surface area contributed by atoms with Crippen LogP contribution in [-0.2, 0) is 0 Å². The van der Waals surface area contributed by atoms with E-state index >= 15 is 0 Å². The third kappa shape index (κ3) is 4.16. The zero-order valence-electron chi connectivity index (χ0n) is 14.0. The molecule has 0 spiro atoms. The Morgan fingerprint density at radius 1 is 1.08 bits per heavy atom. The molecule has 0 radical (unpaired) electrons. The number of pyridine rings is 1. The molecule has 3 rings (SSSR count). The lowest BCUT2D eigenvalue weighted by molar-refractivity contribution is 0.417. The van der Waals surface area contributed by atoms with Crippen molar-refractivity contribution in [2.45, 2.75) is 6.92 Å². The van der Waals surface area contributed by atoms with Crippen LogP contribution in [-0.4, -0.2) is 28.6 Å². The molecule has 3 aromatic rings. The van der Waals surface area contributed by atoms with Gasteiger partial charge in [-0.2, -0.15) is 4.98 Å². The van der Waals surface area contributed by atoms with Gasteiger partial charge < -0.3 is 15.4 Å². The second kappa shape index (κ2) is 7.81. The maximum atomic E-state index is 6.10. The van der Waals surface area contributed by atoms with Crippen molar-refractivity contribution in [1.82, 2.24) is 15.0 Å². The van der Waals surface area contributed by atoms with Gasteiger partial charge in [0.2, 0.25) is 5.95 Å². The third-order valence-electron chi connectivity index (χ3n) is 3.46. The van der Waals surface area contributed by atoms with Crippen LogP contribution in [0.1, 0.15) is 6.92 Å². The lowest BCUT2D eigenvalue weighted by Gasteiger charge is -2.13. The molecule has 0 aliphatic heterocycles. The van der Waals surface area contributed by atoms with Gasteiger partial charge in [-0.05, 0) is 37.3 Å². The summed E-state index contributed by atoms with van der Waals surface area (Å²) in [6, 6.07) is 11.1. The standard InChI is InChI=1S/C18H18ClN5O/c1-3-21-18-23-14(12-6-8-20-9-7-12)11-17(24-18)22-15-10-13(19)4-5-16(15)25-2/h4-11H,3H2,1-2H3,(H2,21,22,23,24). The molecule has 2 N–H and O–H groups in total. The van der Waals surface area contributed by atoms with Crippen molar-refractivity contribution in [2.24, 2.45) is 0 Å². The Morgan fingerprint density at radius 2 is 1.88 bits per heavy atom.